The molecule has 1 N–H and O–H groups in total. The highest BCUT2D eigenvalue weighted by molar-refractivity contribution is 9.10. The zero-order valence-electron chi connectivity index (χ0n) is 11.3. The van der Waals surface area contributed by atoms with Crippen molar-refractivity contribution in [2.24, 2.45) is 5.92 Å². The van der Waals surface area contributed by atoms with Gasteiger partial charge in [-0.25, -0.2) is 0 Å². The lowest BCUT2D eigenvalue weighted by molar-refractivity contribution is 0.222. The highest BCUT2D eigenvalue weighted by Crippen LogP contribution is 2.33. The summed E-state index contributed by atoms with van der Waals surface area (Å²) >= 11 is 3.69. The topological polar surface area (TPSA) is 15.3 Å². The molecular weight excluding hydrogens is 288 g/mol. The van der Waals surface area contributed by atoms with Crippen LogP contribution in [0.4, 0.5) is 0 Å². The van der Waals surface area contributed by atoms with Gasteiger partial charge >= 0.3 is 0 Å². The maximum atomic E-state index is 3.69. The fourth-order valence-corrected chi connectivity index (χ4v) is 3.34. The van der Waals surface area contributed by atoms with Gasteiger partial charge in [0.15, 0.2) is 0 Å². The van der Waals surface area contributed by atoms with Crippen LogP contribution in [0.25, 0.3) is 0 Å². The van der Waals surface area contributed by atoms with E-state index in [0.29, 0.717) is 6.04 Å². The predicted octanol–water partition coefficient (Wildman–Crippen LogP) is 3.44. The summed E-state index contributed by atoms with van der Waals surface area (Å²) in [5.74, 6) is 0.853. The summed E-state index contributed by atoms with van der Waals surface area (Å²) in [7, 11) is 4.37. The first-order chi connectivity index (χ1) is 8.68. The van der Waals surface area contributed by atoms with Crippen molar-refractivity contribution in [2.45, 2.75) is 25.3 Å². The number of rotatable bonds is 4. The third-order valence-electron chi connectivity index (χ3n) is 3.90. The van der Waals surface area contributed by atoms with E-state index in [1.807, 2.05) is 0 Å². The van der Waals surface area contributed by atoms with Gasteiger partial charge in [0.25, 0.3) is 0 Å². The molecule has 1 heterocycles. The first-order valence-corrected chi connectivity index (χ1v) is 7.59. The summed E-state index contributed by atoms with van der Waals surface area (Å²) in [5.41, 5.74) is 1.42. The third kappa shape index (κ3) is 3.56. The molecule has 0 spiro atoms. The Balaban J connectivity index is 2.10. The molecule has 0 radical (unpaired) electrons. The average Bonchev–Trinajstić information content (AvgIpc) is 2.38. The second-order valence-electron chi connectivity index (χ2n) is 5.43. The van der Waals surface area contributed by atoms with Gasteiger partial charge in [0.2, 0.25) is 0 Å². The fraction of sp³-hybridized carbons (Fsp3) is 0.600. The minimum Gasteiger partial charge on any atom is -0.317 e. The number of benzene rings is 1. The normalized spacial score (nSPS) is 19.1. The van der Waals surface area contributed by atoms with Crippen LogP contribution in [0.2, 0.25) is 0 Å². The molecule has 1 aliphatic rings. The number of halogens is 1. The van der Waals surface area contributed by atoms with Crippen LogP contribution in [-0.2, 0) is 0 Å². The molecule has 18 heavy (non-hydrogen) atoms. The van der Waals surface area contributed by atoms with E-state index in [1.54, 1.807) is 0 Å². The monoisotopic (exact) mass is 310 g/mol. The van der Waals surface area contributed by atoms with E-state index >= 15 is 0 Å². The molecule has 1 aliphatic heterocycles. The van der Waals surface area contributed by atoms with Gasteiger partial charge in [0.05, 0.1) is 0 Å². The predicted molar refractivity (Wildman–Crippen MR) is 80.8 cm³/mol. The van der Waals surface area contributed by atoms with Crippen LogP contribution in [0.5, 0.6) is 0 Å². The van der Waals surface area contributed by atoms with Gasteiger partial charge in [-0.15, -0.1) is 0 Å². The number of hydrogen-bond acceptors (Lipinski definition) is 2. The number of nitrogens with one attached hydrogen (secondary N) is 1. The van der Waals surface area contributed by atoms with Crippen LogP contribution >= 0.6 is 15.9 Å². The molecular formula is C15H23BrN2. The van der Waals surface area contributed by atoms with Gasteiger partial charge in [-0.3, -0.25) is 0 Å². The van der Waals surface area contributed by atoms with Crippen molar-refractivity contribution in [1.29, 1.82) is 0 Å². The molecule has 1 saturated heterocycles. The molecule has 1 fully saturated rings. The highest BCUT2D eigenvalue weighted by atomic mass is 79.9. The molecule has 2 rings (SSSR count). The Kier molecular flexibility index (Phi) is 5.22. The van der Waals surface area contributed by atoms with Gasteiger partial charge in [0.1, 0.15) is 0 Å². The number of piperidine rings is 1. The quantitative estimate of drug-likeness (QED) is 0.916. The number of nitrogens with zero attached hydrogens (tertiary/aromatic N) is 1. The standard InChI is InChI=1S/C15H23BrN2/c1-18(2)15(11-12-7-9-17-10-8-12)13-5-3-4-6-14(13)16/h3-6,12,15,17H,7-11H2,1-2H3. The summed E-state index contributed by atoms with van der Waals surface area (Å²) in [6, 6.07) is 9.14. The largest absolute Gasteiger partial charge is 0.317 e. The van der Waals surface area contributed by atoms with Crippen molar-refractivity contribution in [3.05, 3.63) is 34.3 Å². The molecule has 1 aromatic carbocycles. The Morgan fingerprint density at radius 2 is 1.94 bits per heavy atom. The molecule has 1 unspecified atom stereocenters. The van der Waals surface area contributed by atoms with Crippen molar-refractivity contribution in [3.8, 4) is 0 Å². The summed E-state index contributed by atoms with van der Waals surface area (Å²) in [4.78, 5) is 2.35. The van der Waals surface area contributed by atoms with Crippen LogP contribution in [0.1, 0.15) is 30.9 Å². The molecule has 0 bridgehead atoms. The second kappa shape index (κ2) is 6.69. The van der Waals surface area contributed by atoms with Gasteiger partial charge in [-0.2, -0.15) is 0 Å². The van der Waals surface area contributed by atoms with Gasteiger partial charge < -0.3 is 10.2 Å². The lowest BCUT2D eigenvalue weighted by atomic mass is 9.88. The Bertz CT molecular complexity index is 373. The Labute approximate surface area is 119 Å². The lowest BCUT2D eigenvalue weighted by Crippen LogP contribution is -2.31. The molecule has 100 valence electrons. The molecule has 2 nitrogen and oxygen atoms in total. The minimum atomic E-state index is 0.517. The highest BCUT2D eigenvalue weighted by Gasteiger charge is 2.22. The molecule has 3 heteroatoms. The molecule has 0 saturated carbocycles. The first kappa shape index (κ1) is 14.0. The molecule has 0 amide bonds. The van der Waals surface area contributed by atoms with Crippen molar-refractivity contribution in [3.63, 3.8) is 0 Å². The summed E-state index contributed by atoms with van der Waals surface area (Å²) in [6.07, 6.45) is 3.89. The Morgan fingerprint density at radius 1 is 1.28 bits per heavy atom. The first-order valence-electron chi connectivity index (χ1n) is 6.80. The summed E-state index contributed by atoms with van der Waals surface area (Å²) in [5, 5.41) is 3.45. The van der Waals surface area contributed by atoms with Crippen LogP contribution in [0.3, 0.4) is 0 Å². The molecule has 0 aliphatic carbocycles. The zero-order chi connectivity index (χ0) is 13.0. The van der Waals surface area contributed by atoms with Gasteiger partial charge in [-0.1, -0.05) is 34.1 Å². The average molecular weight is 311 g/mol. The van der Waals surface area contributed by atoms with E-state index in [9.17, 15) is 0 Å². The van der Waals surface area contributed by atoms with E-state index in [4.69, 9.17) is 0 Å². The maximum Gasteiger partial charge on any atom is 0.0355 e. The second-order valence-corrected chi connectivity index (χ2v) is 6.28. The van der Waals surface area contributed by atoms with E-state index in [0.717, 1.165) is 5.92 Å². The molecule has 0 aromatic heterocycles. The van der Waals surface area contributed by atoms with Crippen LogP contribution in [0, 0.1) is 5.92 Å². The van der Waals surface area contributed by atoms with E-state index in [2.05, 4.69) is 64.5 Å². The van der Waals surface area contributed by atoms with E-state index in [1.165, 1.54) is 42.4 Å². The van der Waals surface area contributed by atoms with Crippen LogP contribution in [0.15, 0.2) is 28.7 Å². The molecule has 1 atom stereocenters. The molecule has 1 aromatic rings. The van der Waals surface area contributed by atoms with Crippen molar-refractivity contribution in [1.82, 2.24) is 10.2 Å². The van der Waals surface area contributed by atoms with Crippen LogP contribution in [-0.4, -0.2) is 32.1 Å². The minimum absolute atomic E-state index is 0.517. The van der Waals surface area contributed by atoms with Crippen molar-refractivity contribution in [2.75, 3.05) is 27.2 Å². The van der Waals surface area contributed by atoms with Gasteiger partial charge in [0, 0.05) is 10.5 Å². The fourth-order valence-electron chi connectivity index (χ4n) is 2.79. The summed E-state index contributed by atoms with van der Waals surface area (Å²) < 4.78 is 1.23. The van der Waals surface area contributed by atoms with Crippen molar-refractivity contribution >= 4 is 15.9 Å². The SMILES string of the molecule is CN(C)C(CC1CCNCC1)c1ccccc1Br. The van der Waals surface area contributed by atoms with Crippen LogP contribution < -0.4 is 5.32 Å². The smallest absolute Gasteiger partial charge is 0.0355 e. The third-order valence-corrected chi connectivity index (χ3v) is 4.63. The van der Waals surface area contributed by atoms with E-state index in [-0.39, 0.29) is 0 Å². The van der Waals surface area contributed by atoms with Gasteiger partial charge in [-0.05, 0) is 64.0 Å². The Morgan fingerprint density at radius 3 is 2.56 bits per heavy atom. The number of hydrogen-bond donors (Lipinski definition) is 1. The van der Waals surface area contributed by atoms with E-state index < -0.39 is 0 Å². The summed E-state index contributed by atoms with van der Waals surface area (Å²) in [6.45, 7) is 2.36. The zero-order valence-corrected chi connectivity index (χ0v) is 12.9. The lowest BCUT2D eigenvalue weighted by Gasteiger charge is -2.31. The maximum absolute atomic E-state index is 3.69. The Hall–Kier alpha value is -0.380. The van der Waals surface area contributed by atoms with Crippen molar-refractivity contribution < 1.29 is 0 Å².